The van der Waals surface area contributed by atoms with Crippen LogP contribution < -0.4 is 4.74 Å². The van der Waals surface area contributed by atoms with Crippen LogP contribution in [0, 0.1) is 0 Å². The number of benzene rings is 1. The Balaban J connectivity index is 1.68. The number of fused-ring (bicyclic) bond motifs is 1. The summed E-state index contributed by atoms with van der Waals surface area (Å²) in [5, 5.41) is 9.96. The van der Waals surface area contributed by atoms with E-state index in [9.17, 15) is 23.1 Å². The first-order valence-electron chi connectivity index (χ1n) is 8.28. The minimum atomic E-state index is -4.53. The van der Waals surface area contributed by atoms with E-state index in [-0.39, 0.29) is 16.2 Å². The molecule has 0 aliphatic heterocycles. The van der Waals surface area contributed by atoms with Gasteiger partial charge < -0.3 is 9.84 Å². The molecule has 0 saturated heterocycles. The molecule has 10 heteroatoms. The molecule has 1 aromatic carbocycles. The van der Waals surface area contributed by atoms with Crippen LogP contribution in [0.2, 0.25) is 0 Å². The molecule has 0 radical (unpaired) electrons. The van der Waals surface area contributed by atoms with Gasteiger partial charge >= 0.3 is 12.1 Å². The van der Waals surface area contributed by atoms with Gasteiger partial charge in [-0.2, -0.15) is 13.2 Å². The van der Waals surface area contributed by atoms with Crippen LogP contribution in [-0.2, 0) is 12.8 Å². The van der Waals surface area contributed by atoms with Crippen LogP contribution in [0.25, 0.3) is 16.2 Å². The quantitative estimate of drug-likeness (QED) is 0.504. The minimum Gasteiger partial charge on any atom is -0.487 e. The Morgan fingerprint density at radius 1 is 1.17 bits per heavy atom. The molecule has 4 aromatic rings. The smallest absolute Gasteiger partial charge is 0.416 e. The van der Waals surface area contributed by atoms with Gasteiger partial charge in [0.1, 0.15) is 29.2 Å². The largest absolute Gasteiger partial charge is 0.487 e. The lowest BCUT2D eigenvalue weighted by atomic mass is 10.1. The molecule has 0 aliphatic carbocycles. The maximum absolute atomic E-state index is 13.2. The third kappa shape index (κ3) is 3.66. The fourth-order valence-electron chi connectivity index (χ4n) is 2.83. The summed E-state index contributed by atoms with van der Waals surface area (Å²) < 4.78 is 46.6. The summed E-state index contributed by atoms with van der Waals surface area (Å²) >= 11 is 0.921. The highest BCUT2D eigenvalue weighted by Crippen LogP contribution is 2.36. The van der Waals surface area contributed by atoms with Crippen molar-refractivity contribution in [2.24, 2.45) is 0 Å². The van der Waals surface area contributed by atoms with E-state index in [4.69, 9.17) is 4.74 Å². The summed E-state index contributed by atoms with van der Waals surface area (Å²) in [4.78, 5) is 19.9. The molecule has 0 bridgehead atoms. The van der Waals surface area contributed by atoms with Crippen molar-refractivity contribution in [1.29, 1.82) is 0 Å². The number of rotatable bonds is 5. The van der Waals surface area contributed by atoms with Crippen molar-refractivity contribution in [3.8, 4) is 10.8 Å². The SMILES string of the molecule is O=C(O)c1sc(-n2cnc3cccnc32)cc1OCc1ccccc1C(F)(F)F. The molecule has 1 N–H and O–H groups in total. The van der Waals surface area contributed by atoms with Crippen molar-refractivity contribution in [2.75, 3.05) is 0 Å². The van der Waals surface area contributed by atoms with Gasteiger partial charge in [0.15, 0.2) is 10.5 Å². The third-order valence-corrected chi connectivity index (χ3v) is 5.23. The molecule has 3 heterocycles. The van der Waals surface area contributed by atoms with Gasteiger partial charge in [-0.15, -0.1) is 11.3 Å². The van der Waals surface area contributed by atoms with Crippen molar-refractivity contribution in [2.45, 2.75) is 12.8 Å². The van der Waals surface area contributed by atoms with E-state index in [1.165, 1.54) is 30.6 Å². The van der Waals surface area contributed by atoms with Gasteiger partial charge in [-0.05, 0) is 18.2 Å². The molecule has 0 amide bonds. The topological polar surface area (TPSA) is 77.2 Å². The molecule has 0 atom stereocenters. The van der Waals surface area contributed by atoms with Gasteiger partial charge in [0.05, 0.1) is 5.56 Å². The van der Waals surface area contributed by atoms with Gasteiger partial charge in [0.25, 0.3) is 0 Å². The summed E-state index contributed by atoms with van der Waals surface area (Å²) in [7, 11) is 0. The van der Waals surface area contributed by atoms with E-state index in [1.54, 1.807) is 22.9 Å². The van der Waals surface area contributed by atoms with E-state index in [2.05, 4.69) is 9.97 Å². The van der Waals surface area contributed by atoms with Gasteiger partial charge in [0.2, 0.25) is 0 Å². The van der Waals surface area contributed by atoms with Crippen LogP contribution in [0.15, 0.2) is 55.0 Å². The number of thiophene rings is 1. The van der Waals surface area contributed by atoms with E-state index in [0.717, 1.165) is 17.4 Å². The van der Waals surface area contributed by atoms with Crippen LogP contribution in [0.4, 0.5) is 13.2 Å². The highest BCUT2D eigenvalue weighted by molar-refractivity contribution is 7.16. The monoisotopic (exact) mass is 419 g/mol. The van der Waals surface area contributed by atoms with Crippen molar-refractivity contribution >= 4 is 28.5 Å². The second kappa shape index (κ2) is 7.21. The van der Waals surface area contributed by atoms with Crippen LogP contribution in [0.1, 0.15) is 20.8 Å². The Morgan fingerprint density at radius 2 is 1.97 bits per heavy atom. The molecule has 0 aliphatic rings. The van der Waals surface area contributed by atoms with Crippen molar-refractivity contribution in [3.05, 3.63) is 71.0 Å². The molecule has 3 aromatic heterocycles. The number of carboxylic acids is 1. The number of alkyl halides is 3. The zero-order chi connectivity index (χ0) is 20.6. The maximum Gasteiger partial charge on any atom is 0.416 e. The first-order chi connectivity index (χ1) is 13.8. The Morgan fingerprint density at radius 3 is 2.72 bits per heavy atom. The van der Waals surface area contributed by atoms with Crippen LogP contribution >= 0.6 is 11.3 Å². The molecular weight excluding hydrogens is 407 g/mol. The molecule has 4 rings (SSSR count). The highest BCUT2D eigenvalue weighted by atomic mass is 32.1. The van der Waals surface area contributed by atoms with Crippen molar-refractivity contribution < 1.29 is 27.8 Å². The average Bonchev–Trinajstić information content (AvgIpc) is 3.30. The molecule has 0 saturated carbocycles. The molecule has 148 valence electrons. The van der Waals surface area contributed by atoms with Crippen LogP contribution in [0.3, 0.4) is 0 Å². The standard InChI is InChI=1S/C19H12F3N3O3S/c20-19(21,22)12-5-2-1-4-11(12)9-28-14-8-15(29-16(14)18(26)27)25-10-24-13-6-3-7-23-17(13)25/h1-8,10H,9H2,(H,26,27). The summed E-state index contributed by atoms with van der Waals surface area (Å²) in [5.74, 6) is -1.26. The number of carboxylic acid groups (broad SMARTS) is 1. The maximum atomic E-state index is 13.2. The highest BCUT2D eigenvalue weighted by Gasteiger charge is 2.33. The predicted octanol–water partition coefficient (Wildman–Crippen LogP) is 4.78. The fourth-order valence-corrected chi connectivity index (χ4v) is 3.74. The lowest BCUT2D eigenvalue weighted by Crippen LogP contribution is -2.11. The molecule has 0 spiro atoms. The average molecular weight is 419 g/mol. The van der Waals surface area contributed by atoms with E-state index in [0.29, 0.717) is 16.2 Å². The normalized spacial score (nSPS) is 11.7. The third-order valence-electron chi connectivity index (χ3n) is 4.13. The first-order valence-corrected chi connectivity index (χ1v) is 9.09. The summed E-state index contributed by atoms with van der Waals surface area (Å²) in [6.45, 7) is -0.422. The second-order valence-electron chi connectivity index (χ2n) is 5.99. The van der Waals surface area contributed by atoms with E-state index < -0.39 is 24.3 Å². The first kappa shape index (κ1) is 18.9. The lowest BCUT2D eigenvalue weighted by Gasteiger charge is -2.13. The Bertz CT molecular complexity index is 1200. The number of aromatic nitrogens is 3. The predicted molar refractivity (Wildman–Crippen MR) is 99.5 cm³/mol. The number of pyridine rings is 1. The molecular formula is C19H12F3N3O3S. The number of halogens is 3. The van der Waals surface area contributed by atoms with E-state index in [1.807, 2.05) is 0 Å². The molecule has 0 unspecified atom stereocenters. The lowest BCUT2D eigenvalue weighted by molar-refractivity contribution is -0.138. The van der Waals surface area contributed by atoms with Gasteiger partial charge in [-0.1, -0.05) is 18.2 Å². The zero-order valence-corrected chi connectivity index (χ0v) is 15.4. The number of ether oxygens (including phenoxy) is 1. The number of carbonyl (C=O) groups is 1. The Kier molecular flexibility index (Phi) is 4.71. The Hall–Kier alpha value is -3.40. The number of hydrogen-bond acceptors (Lipinski definition) is 5. The summed E-state index contributed by atoms with van der Waals surface area (Å²) in [6.07, 6.45) is -1.45. The number of aromatic carboxylic acids is 1. The van der Waals surface area contributed by atoms with Crippen LogP contribution in [0.5, 0.6) is 5.75 Å². The zero-order valence-electron chi connectivity index (χ0n) is 14.6. The molecule has 29 heavy (non-hydrogen) atoms. The second-order valence-corrected chi connectivity index (χ2v) is 7.02. The number of hydrogen-bond donors (Lipinski definition) is 1. The van der Waals surface area contributed by atoms with Crippen molar-refractivity contribution in [3.63, 3.8) is 0 Å². The molecule has 0 fully saturated rings. The van der Waals surface area contributed by atoms with E-state index >= 15 is 0 Å². The number of imidazole rings is 1. The van der Waals surface area contributed by atoms with Crippen LogP contribution in [-0.4, -0.2) is 25.6 Å². The van der Waals surface area contributed by atoms with Gasteiger partial charge in [-0.3, -0.25) is 4.57 Å². The van der Waals surface area contributed by atoms with Crippen molar-refractivity contribution in [1.82, 2.24) is 14.5 Å². The fraction of sp³-hybridized carbons (Fsp3) is 0.105. The minimum absolute atomic E-state index is 0.0211. The summed E-state index contributed by atoms with van der Waals surface area (Å²) in [6, 6.07) is 9.95. The Labute approximate surface area is 165 Å². The molecule has 6 nitrogen and oxygen atoms in total. The summed E-state index contributed by atoms with van der Waals surface area (Å²) in [5.41, 5.74) is 0.245. The number of nitrogens with zero attached hydrogens (tertiary/aromatic N) is 3. The van der Waals surface area contributed by atoms with Gasteiger partial charge in [-0.25, -0.2) is 14.8 Å². The van der Waals surface area contributed by atoms with Gasteiger partial charge in [0, 0.05) is 17.8 Å².